The molecule has 0 unspecified atom stereocenters. The van der Waals surface area contributed by atoms with Crippen LogP contribution in [0.25, 0.3) is 5.69 Å². The van der Waals surface area contributed by atoms with E-state index in [0.29, 0.717) is 25.3 Å². The van der Waals surface area contributed by atoms with E-state index in [2.05, 4.69) is 35.9 Å². The van der Waals surface area contributed by atoms with E-state index in [4.69, 9.17) is 9.47 Å². The van der Waals surface area contributed by atoms with E-state index in [0.717, 1.165) is 22.7 Å². The fourth-order valence-electron chi connectivity index (χ4n) is 3.32. The first-order valence-corrected chi connectivity index (χ1v) is 9.04. The summed E-state index contributed by atoms with van der Waals surface area (Å²) >= 11 is 0. The molecule has 5 nitrogen and oxygen atoms in total. The maximum Gasteiger partial charge on any atom is 0.251 e. The zero-order valence-electron chi connectivity index (χ0n) is 15.5. The van der Waals surface area contributed by atoms with Crippen molar-refractivity contribution in [1.82, 2.24) is 9.88 Å². The standard InChI is InChI=1S/C22H22N2O3/c1-15-3-4-16(2)24(15)19-8-6-18(7-9-19)22(25)23-14-17-5-10-20-21(13-17)27-12-11-26-20/h3-10,13H,11-12,14H2,1-2H3,(H,23,25). The van der Waals surface area contributed by atoms with Crippen LogP contribution in [0.3, 0.4) is 0 Å². The highest BCUT2D eigenvalue weighted by atomic mass is 16.6. The minimum absolute atomic E-state index is 0.0996. The summed E-state index contributed by atoms with van der Waals surface area (Å²) in [5, 5.41) is 2.96. The summed E-state index contributed by atoms with van der Waals surface area (Å²) in [6, 6.07) is 17.6. The molecule has 0 radical (unpaired) electrons. The highest BCUT2D eigenvalue weighted by Gasteiger charge is 2.12. The van der Waals surface area contributed by atoms with Crippen molar-refractivity contribution < 1.29 is 14.3 Å². The van der Waals surface area contributed by atoms with Gasteiger partial charge in [0.05, 0.1) is 0 Å². The van der Waals surface area contributed by atoms with Crippen LogP contribution < -0.4 is 14.8 Å². The Kier molecular flexibility index (Phi) is 4.59. The number of benzene rings is 2. The molecule has 0 atom stereocenters. The Morgan fingerprint density at radius 1 is 0.926 bits per heavy atom. The van der Waals surface area contributed by atoms with Crippen LogP contribution in [0.15, 0.2) is 54.6 Å². The lowest BCUT2D eigenvalue weighted by Crippen LogP contribution is -2.23. The summed E-state index contributed by atoms with van der Waals surface area (Å²) in [5.74, 6) is 1.38. The van der Waals surface area contributed by atoms with E-state index in [-0.39, 0.29) is 5.91 Å². The molecule has 5 heteroatoms. The van der Waals surface area contributed by atoms with E-state index in [9.17, 15) is 4.79 Å². The monoisotopic (exact) mass is 362 g/mol. The van der Waals surface area contributed by atoms with Gasteiger partial charge in [-0.05, 0) is 67.9 Å². The minimum atomic E-state index is -0.0996. The Labute approximate surface area is 158 Å². The van der Waals surface area contributed by atoms with Gasteiger partial charge in [0, 0.05) is 29.2 Å². The highest BCUT2D eigenvalue weighted by molar-refractivity contribution is 5.94. The normalized spacial score (nSPS) is 12.7. The van der Waals surface area contributed by atoms with Crippen molar-refractivity contribution in [2.75, 3.05) is 13.2 Å². The van der Waals surface area contributed by atoms with Crippen LogP contribution in [0.1, 0.15) is 27.3 Å². The molecule has 2 heterocycles. The Morgan fingerprint density at radius 2 is 1.59 bits per heavy atom. The van der Waals surface area contributed by atoms with Crippen molar-refractivity contribution in [3.05, 3.63) is 77.1 Å². The van der Waals surface area contributed by atoms with Crippen LogP contribution in [-0.4, -0.2) is 23.7 Å². The first-order chi connectivity index (χ1) is 13.1. The van der Waals surface area contributed by atoms with Gasteiger partial charge in [0.2, 0.25) is 0 Å². The van der Waals surface area contributed by atoms with Gasteiger partial charge in [-0.25, -0.2) is 0 Å². The SMILES string of the molecule is Cc1ccc(C)n1-c1ccc(C(=O)NCc2ccc3c(c2)OCCO3)cc1. The Hall–Kier alpha value is -3.21. The molecular weight excluding hydrogens is 340 g/mol. The van der Waals surface area contributed by atoms with Gasteiger partial charge in [0.15, 0.2) is 11.5 Å². The lowest BCUT2D eigenvalue weighted by atomic mass is 10.1. The summed E-state index contributed by atoms with van der Waals surface area (Å²) in [6.07, 6.45) is 0. The predicted molar refractivity (Wildman–Crippen MR) is 104 cm³/mol. The number of amides is 1. The van der Waals surface area contributed by atoms with E-state index >= 15 is 0 Å². The number of aryl methyl sites for hydroxylation is 2. The number of rotatable bonds is 4. The average Bonchev–Trinajstić information content (AvgIpc) is 3.04. The summed E-state index contributed by atoms with van der Waals surface area (Å²) in [6.45, 7) is 5.70. The van der Waals surface area contributed by atoms with Crippen LogP contribution in [0.4, 0.5) is 0 Å². The molecule has 1 aliphatic rings. The number of carbonyl (C=O) groups excluding carboxylic acids is 1. The van der Waals surface area contributed by atoms with Gasteiger partial charge >= 0.3 is 0 Å². The molecule has 2 aromatic carbocycles. The first kappa shape index (κ1) is 17.2. The van der Waals surface area contributed by atoms with Crippen LogP contribution in [0.5, 0.6) is 11.5 Å². The van der Waals surface area contributed by atoms with Crippen molar-refractivity contribution in [3.8, 4) is 17.2 Å². The zero-order chi connectivity index (χ0) is 18.8. The number of ether oxygens (including phenoxy) is 2. The fraction of sp³-hybridized carbons (Fsp3) is 0.227. The van der Waals surface area contributed by atoms with E-state index in [1.807, 2.05) is 42.5 Å². The average molecular weight is 362 g/mol. The van der Waals surface area contributed by atoms with Gasteiger partial charge in [-0.3, -0.25) is 4.79 Å². The molecule has 4 rings (SSSR count). The quantitative estimate of drug-likeness (QED) is 0.768. The number of fused-ring (bicyclic) bond motifs is 1. The van der Waals surface area contributed by atoms with E-state index in [1.54, 1.807) is 0 Å². The van der Waals surface area contributed by atoms with Crippen LogP contribution in [0.2, 0.25) is 0 Å². The third kappa shape index (κ3) is 3.53. The molecule has 0 saturated heterocycles. The second-order valence-electron chi connectivity index (χ2n) is 6.66. The lowest BCUT2D eigenvalue weighted by molar-refractivity contribution is 0.0951. The number of hydrogen-bond donors (Lipinski definition) is 1. The maximum atomic E-state index is 12.5. The van der Waals surface area contributed by atoms with E-state index < -0.39 is 0 Å². The van der Waals surface area contributed by atoms with Crippen molar-refractivity contribution in [3.63, 3.8) is 0 Å². The highest BCUT2D eigenvalue weighted by Crippen LogP contribution is 2.30. The number of aromatic nitrogens is 1. The number of hydrogen-bond acceptors (Lipinski definition) is 3. The fourth-order valence-corrected chi connectivity index (χ4v) is 3.32. The Bertz CT molecular complexity index is 954. The number of carbonyl (C=O) groups is 1. The molecule has 0 saturated carbocycles. The largest absolute Gasteiger partial charge is 0.486 e. The first-order valence-electron chi connectivity index (χ1n) is 9.04. The van der Waals surface area contributed by atoms with Gasteiger partial charge in [-0.15, -0.1) is 0 Å². The minimum Gasteiger partial charge on any atom is -0.486 e. The Morgan fingerprint density at radius 3 is 2.30 bits per heavy atom. The smallest absolute Gasteiger partial charge is 0.251 e. The van der Waals surface area contributed by atoms with Crippen molar-refractivity contribution in [1.29, 1.82) is 0 Å². The van der Waals surface area contributed by atoms with Gasteiger partial charge in [0.25, 0.3) is 5.91 Å². The van der Waals surface area contributed by atoms with Gasteiger partial charge < -0.3 is 19.4 Å². The maximum absolute atomic E-state index is 12.5. The third-order valence-electron chi connectivity index (χ3n) is 4.72. The second-order valence-corrected chi connectivity index (χ2v) is 6.66. The zero-order valence-corrected chi connectivity index (χ0v) is 15.5. The lowest BCUT2D eigenvalue weighted by Gasteiger charge is -2.19. The summed E-state index contributed by atoms with van der Waals surface area (Å²) in [7, 11) is 0. The Balaban J connectivity index is 1.43. The van der Waals surface area contributed by atoms with Gasteiger partial charge in [0.1, 0.15) is 13.2 Å². The predicted octanol–water partition coefficient (Wildman–Crippen LogP) is 3.80. The molecule has 138 valence electrons. The molecule has 0 fully saturated rings. The molecule has 1 amide bonds. The molecule has 0 aliphatic carbocycles. The third-order valence-corrected chi connectivity index (χ3v) is 4.72. The van der Waals surface area contributed by atoms with E-state index in [1.165, 1.54) is 11.4 Å². The summed E-state index contributed by atoms with van der Waals surface area (Å²) < 4.78 is 13.3. The van der Waals surface area contributed by atoms with Gasteiger partial charge in [-0.1, -0.05) is 6.07 Å². The molecule has 1 aromatic heterocycles. The molecule has 1 aliphatic heterocycles. The van der Waals surface area contributed by atoms with Crippen molar-refractivity contribution in [2.24, 2.45) is 0 Å². The molecule has 3 aromatic rings. The molecule has 0 bridgehead atoms. The van der Waals surface area contributed by atoms with Gasteiger partial charge in [-0.2, -0.15) is 0 Å². The van der Waals surface area contributed by atoms with Crippen LogP contribution in [-0.2, 0) is 6.54 Å². The number of nitrogens with zero attached hydrogens (tertiary/aromatic N) is 1. The second kappa shape index (κ2) is 7.19. The number of nitrogens with one attached hydrogen (secondary N) is 1. The summed E-state index contributed by atoms with van der Waals surface area (Å²) in [5.41, 5.74) is 5.01. The molecular formula is C22H22N2O3. The topological polar surface area (TPSA) is 52.5 Å². The van der Waals surface area contributed by atoms with Crippen molar-refractivity contribution in [2.45, 2.75) is 20.4 Å². The molecule has 1 N–H and O–H groups in total. The van der Waals surface area contributed by atoms with Crippen LogP contribution in [0, 0.1) is 13.8 Å². The van der Waals surface area contributed by atoms with Crippen molar-refractivity contribution >= 4 is 5.91 Å². The molecule has 0 spiro atoms. The summed E-state index contributed by atoms with van der Waals surface area (Å²) in [4.78, 5) is 12.5. The molecule has 27 heavy (non-hydrogen) atoms. The van der Waals surface area contributed by atoms with Crippen LogP contribution >= 0.6 is 0 Å².